The second-order valence-corrected chi connectivity index (χ2v) is 4.05. The summed E-state index contributed by atoms with van der Waals surface area (Å²) in [7, 11) is 0. The van der Waals surface area contributed by atoms with Gasteiger partial charge in [-0.1, -0.05) is 0 Å². The van der Waals surface area contributed by atoms with Crippen molar-refractivity contribution >= 4 is 11.9 Å². The van der Waals surface area contributed by atoms with Crippen molar-refractivity contribution in [1.82, 2.24) is 19.8 Å². The Morgan fingerprint density at radius 3 is 2.88 bits per heavy atom. The van der Waals surface area contributed by atoms with Crippen molar-refractivity contribution in [1.29, 1.82) is 0 Å². The van der Waals surface area contributed by atoms with Crippen LogP contribution in [-0.4, -0.2) is 39.5 Å². The van der Waals surface area contributed by atoms with E-state index in [4.69, 9.17) is 0 Å². The normalized spacial score (nSPS) is 16.2. The number of amides is 3. The van der Waals surface area contributed by atoms with E-state index in [1.54, 1.807) is 6.20 Å². The van der Waals surface area contributed by atoms with Crippen molar-refractivity contribution in [2.24, 2.45) is 0 Å². The second-order valence-electron chi connectivity index (χ2n) is 4.05. The standard InChI is InChI=1S/C11H16N4O2/c1-9-12-5-8-14(9)6-2-7-15-10(16)3-4-13-11(15)17/h5,8H,2-4,6-7H2,1H3,(H,13,17). The number of hydrogen-bond donors (Lipinski definition) is 1. The SMILES string of the molecule is Cc1nccn1CCCN1C(=O)CCNC1=O. The van der Waals surface area contributed by atoms with Crippen molar-refractivity contribution in [2.45, 2.75) is 26.3 Å². The van der Waals surface area contributed by atoms with E-state index in [0.717, 1.165) is 18.8 Å². The van der Waals surface area contributed by atoms with E-state index in [0.29, 0.717) is 19.5 Å². The molecule has 92 valence electrons. The molecule has 0 radical (unpaired) electrons. The highest BCUT2D eigenvalue weighted by atomic mass is 16.2. The van der Waals surface area contributed by atoms with Crippen LogP contribution in [0.5, 0.6) is 0 Å². The fourth-order valence-electron chi connectivity index (χ4n) is 1.89. The number of nitrogens with one attached hydrogen (secondary N) is 1. The summed E-state index contributed by atoms with van der Waals surface area (Å²) < 4.78 is 2.01. The molecule has 2 rings (SSSR count). The number of aryl methyl sites for hydroxylation is 2. The molecule has 0 bridgehead atoms. The molecule has 1 aliphatic rings. The smallest absolute Gasteiger partial charge is 0.324 e. The van der Waals surface area contributed by atoms with Gasteiger partial charge in [0.25, 0.3) is 0 Å². The fourth-order valence-corrected chi connectivity index (χ4v) is 1.89. The Bertz CT molecular complexity index is 411. The highest BCUT2D eigenvalue weighted by molar-refractivity contribution is 5.96. The summed E-state index contributed by atoms with van der Waals surface area (Å²) in [5.74, 6) is 0.857. The van der Waals surface area contributed by atoms with Crippen molar-refractivity contribution in [2.75, 3.05) is 13.1 Å². The minimum atomic E-state index is -0.274. The number of rotatable bonds is 4. The van der Waals surface area contributed by atoms with Crippen LogP contribution in [0.3, 0.4) is 0 Å². The fraction of sp³-hybridized carbons (Fsp3) is 0.545. The van der Waals surface area contributed by atoms with Gasteiger partial charge < -0.3 is 9.88 Å². The van der Waals surface area contributed by atoms with Crippen LogP contribution in [0.25, 0.3) is 0 Å². The Labute approximate surface area is 99.6 Å². The topological polar surface area (TPSA) is 67.2 Å². The number of urea groups is 1. The van der Waals surface area contributed by atoms with E-state index in [1.807, 2.05) is 17.7 Å². The van der Waals surface area contributed by atoms with Gasteiger partial charge in [-0.15, -0.1) is 0 Å². The number of imide groups is 1. The Kier molecular flexibility index (Phi) is 3.41. The van der Waals surface area contributed by atoms with Gasteiger partial charge in [0.2, 0.25) is 5.91 Å². The molecule has 3 amide bonds. The number of hydrogen-bond acceptors (Lipinski definition) is 3. The van der Waals surface area contributed by atoms with Crippen molar-refractivity contribution in [3.05, 3.63) is 18.2 Å². The van der Waals surface area contributed by atoms with Gasteiger partial charge in [0.1, 0.15) is 5.82 Å². The van der Waals surface area contributed by atoms with Crippen molar-refractivity contribution < 1.29 is 9.59 Å². The zero-order valence-electron chi connectivity index (χ0n) is 9.85. The van der Waals surface area contributed by atoms with Crippen LogP contribution < -0.4 is 5.32 Å². The molecule has 1 fully saturated rings. The van der Waals surface area contributed by atoms with Gasteiger partial charge in [-0.2, -0.15) is 0 Å². The lowest BCUT2D eigenvalue weighted by Crippen LogP contribution is -2.50. The summed E-state index contributed by atoms with van der Waals surface area (Å²) in [5.41, 5.74) is 0. The zero-order valence-corrected chi connectivity index (χ0v) is 9.85. The molecule has 0 saturated carbocycles. The van der Waals surface area contributed by atoms with Crippen LogP contribution in [0.4, 0.5) is 4.79 Å². The first kappa shape index (κ1) is 11.6. The number of carbonyl (C=O) groups is 2. The van der Waals surface area contributed by atoms with Gasteiger partial charge in [0.05, 0.1) is 0 Å². The lowest BCUT2D eigenvalue weighted by atomic mass is 10.3. The van der Waals surface area contributed by atoms with E-state index >= 15 is 0 Å². The molecule has 1 N–H and O–H groups in total. The maximum atomic E-state index is 11.5. The maximum absolute atomic E-state index is 11.5. The Hall–Kier alpha value is -1.85. The summed E-state index contributed by atoms with van der Waals surface area (Å²) in [6, 6.07) is -0.274. The van der Waals surface area contributed by atoms with Gasteiger partial charge in [0, 0.05) is 38.4 Å². The van der Waals surface area contributed by atoms with Crippen LogP contribution in [0.1, 0.15) is 18.7 Å². The molecule has 0 atom stereocenters. The molecule has 0 aliphatic carbocycles. The predicted octanol–water partition coefficient (Wildman–Crippen LogP) is 0.524. The monoisotopic (exact) mass is 236 g/mol. The lowest BCUT2D eigenvalue weighted by molar-refractivity contribution is -0.129. The molecule has 2 heterocycles. The maximum Gasteiger partial charge on any atom is 0.324 e. The van der Waals surface area contributed by atoms with Gasteiger partial charge in [-0.25, -0.2) is 9.78 Å². The molecule has 0 spiro atoms. The van der Waals surface area contributed by atoms with Gasteiger partial charge >= 0.3 is 6.03 Å². The average Bonchev–Trinajstić information content (AvgIpc) is 2.69. The minimum Gasteiger partial charge on any atom is -0.337 e. The molecule has 1 saturated heterocycles. The first-order chi connectivity index (χ1) is 8.18. The van der Waals surface area contributed by atoms with E-state index in [1.165, 1.54) is 4.90 Å². The number of nitrogens with zero attached hydrogens (tertiary/aromatic N) is 3. The summed E-state index contributed by atoms with van der Waals surface area (Å²) in [6.07, 6.45) is 4.79. The third-order valence-corrected chi connectivity index (χ3v) is 2.87. The number of aromatic nitrogens is 2. The molecule has 17 heavy (non-hydrogen) atoms. The van der Waals surface area contributed by atoms with Crippen molar-refractivity contribution in [3.63, 3.8) is 0 Å². The van der Waals surface area contributed by atoms with Crippen LogP contribution in [0.15, 0.2) is 12.4 Å². The molecule has 1 aromatic rings. The van der Waals surface area contributed by atoms with Crippen LogP contribution in [0, 0.1) is 6.92 Å². The molecule has 6 nitrogen and oxygen atoms in total. The summed E-state index contributed by atoms with van der Waals surface area (Å²) >= 11 is 0. The Balaban J connectivity index is 1.83. The van der Waals surface area contributed by atoms with Gasteiger partial charge in [0.15, 0.2) is 0 Å². The Morgan fingerprint density at radius 1 is 1.41 bits per heavy atom. The quantitative estimate of drug-likeness (QED) is 0.829. The molecule has 1 aromatic heterocycles. The molecular weight excluding hydrogens is 220 g/mol. The van der Waals surface area contributed by atoms with Gasteiger partial charge in [-0.05, 0) is 13.3 Å². The van der Waals surface area contributed by atoms with Crippen molar-refractivity contribution in [3.8, 4) is 0 Å². The number of carbonyl (C=O) groups excluding carboxylic acids is 2. The molecule has 0 aromatic carbocycles. The van der Waals surface area contributed by atoms with E-state index in [-0.39, 0.29) is 11.9 Å². The zero-order chi connectivity index (χ0) is 12.3. The molecule has 1 aliphatic heterocycles. The van der Waals surface area contributed by atoms with Crippen LogP contribution >= 0.6 is 0 Å². The lowest BCUT2D eigenvalue weighted by Gasteiger charge is -2.25. The largest absolute Gasteiger partial charge is 0.337 e. The molecule has 6 heteroatoms. The van der Waals surface area contributed by atoms with Gasteiger partial charge in [-0.3, -0.25) is 9.69 Å². The third-order valence-electron chi connectivity index (χ3n) is 2.87. The third kappa shape index (κ3) is 2.64. The van der Waals surface area contributed by atoms with E-state index in [9.17, 15) is 9.59 Å². The average molecular weight is 236 g/mol. The van der Waals surface area contributed by atoms with E-state index < -0.39 is 0 Å². The molecular formula is C11H16N4O2. The summed E-state index contributed by atoms with van der Waals surface area (Å²) in [5, 5.41) is 2.66. The van der Waals surface area contributed by atoms with Crippen LogP contribution in [0.2, 0.25) is 0 Å². The first-order valence-corrected chi connectivity index (χ1v) is 5.74. The molecule has 0 unspecified atom stereocenters. The predicted molar refractivity (Wildman–Crippen MR) is 61.3 cm³/mol. The Morgan fingerprint density at radius 2 is 2.24 bits per heavy atom. The summed E-state index contributed by atoms with van der Waals surface area (Å²) in [4.78, 5) is 28.4. The highest BCUT2D eigenvalue weighted by Gasteiger charge is 2.24. The highest BCUT2D eigenvalue weighted by Crippen LogP contribution is 2.04. The first-order valence-electron chi connectivity index (χ1n) is 5.74. The van der Waals surface area contributed by atoms with E-state index in [2.05, 4.69) is 10.3 Å². The number of imidazole rings is 1. The van der Waals surface area contributed by atoms with Crippen LogP contribution in [-0.2, 0) is 11.3 Å². The second kappa shape index (κ2) is 4.99. The summed E-state index contributed by atoms with van der Waals surface area (Å²) in [6.45, 7) is 3.61. The minimum absolute atomic E-state index is 0.0869.